The summed E-state index contributed by atoms with van der Waals surface area (Å²) in [7, 11) is 1.54. The van der Waals surface area contributed by atoms with Crippen LogP contribution in [0, 0.1) is 12.7 Å². The first-order valence-corrected chi connectivity index (χ1v) is 5.45. The predicted molar refractivity (Wildman–Crippen MR) is 59.1 cm³/mol. The zero-order valence-corrected chi connectivity index (χ0v) is 9.55. The molecule has 0 heterocycles. The number of halogens is 1. The summed E-state index contributed by atoms with van der Waals surface area (Å²) in [5.41, 5.74) is 0.267. The SMILES string of the molecule is COC1(C(=O)c2ccc(C)c(F)c2)CCC1. The monoisotopic (exact) mass is 222 g/mol. The molecule has 0 spiro atoms. The van der Waals surface area contributed by atoms with Crippen LogP contribution in [0.15, 0.2) is 18.2 Å². The third-order valence-corrected chi connectivity index (χ3v) is 3.40. The van der Waals surface area contributed by atoms with Crippen LogP contribution in [0.1, 0.15) is 35.2 Å². The molecule has 2 nitrogen and oxygen atoms in total. The predicted octanol–water partition coefficient (Wildman–Crippen LogP) is 2.89. The zero-order valence-electron chi connectivity index (χ0n) is 9.55. The van der Waals surface area contributed by atoms with Crippen molar-refractivity contribution in [2.45, 2.75) is 31.8 Å². The van der Waals surface area contributed by atoms with E-state index in [0.717, 1.165) is 19.3 Å². The van der Waals surface area contributed by atoms with Gasteiger partial charge in [0.05, 0.1) is 0 Å². The minimum atomic E-state index is -0.693. The van der Waals surface area contributed by atoms with E-state index in [1.54, 1.807) is 26.2 Å². The van der Waals surface area contributed by atoms with Crippen LogP contribution in [0.5, 0.6) is 0 Å². The summed E-state index contributed by atoms with van der Waals surface area (Å²) in [6, 6.07) is 4.60. The molecule has 0 N–H and O–H groups in total. The van der Waals surface area contributed by atoms with E-state index in [-0.39, 0.29) is 11.6 Å². The maximum Gasteiger partial charge on any atom is 0.194 e. The highest BCUT2D eigenvalue weighted by molar-refractivity contribution is 6.03. The number of ether oxygens (including phenoxy) is 1. The standard InChI is InChI=1S/C13H15FO2/c1-9-4-5-10(8-11(9)14)12(15)13(16-2)6-3-7-13/h4-5,8H,3,6-7H2,1-2H3. The van der Waals surface area contributed by atoms with Crippen LogP contribution >= 0.6 is 0 Å². The molecule has 0 amide bonds. The van der Waals surface area contributed by atoms with Gasteiger partial charge in [-0.1, -0.05) is 12.1 Å². The van der Waals surface area contributed by atoms with E-state index in [1.807, 2.05) is 0 Å². The Balaban J connectivity index is 2.30. The number of benzene rings is 1. The lowest BCUT2D eigenvalue weighted by molar-refractivity contribution is -0.0448. The molecule has 16 heavy (non-hydrogen) atoms. The summed E-state index contributed by atoms with van der Waals surface area (Å²) in [6.45, 7) is 1.68. The Morgan fingerprint density at radius 1 is 1.44 bits per heavy atom. The topological polar surface area (TPSA) is 26.3 Å². The quantitative estimate of drug-likeness (QED) is 0.735. The van der Waals surface area contributed by atoms with Crippen molar-refractivity contribution in [1.29, 1.82) is 0 Å². The molecule has 0 bridgehead atoms. The Hall–Kier alpha value is -1.22. The van der Waals surface area contributed by atoms with E-state index >= 15 is 0 Å². The normalized spacial score (nSPS) is 17.9. The number of ketones is 1. The molecule has 0 aliphatic heterocycles. The van der Waals surface area contributed by atoms with E-state index in [1.165, 1.54) is 6.07 Å². The molecule has 1 aliphatic carbocycles. The summed E-state index contributed by atoms with van der Waals surface area (Å²) < 4.78 is 18.6. The van der Waals surface area contributed by atoms with E-state index in [0.29, 0.717) is 11.1 Å². The molecular weight excluding hydrogens is 207 g/mol. The lowest BCUT2D eigenvalue weighted by Gasteiger charge is -2.38. The molecule has 2 rings (SSSR count). The zero-order chi connectivity index (χ0) is 11.8. The summed E-state index contributed by atoms with van der Waals surface area (Å²) >= 11 is 0. The van der Waals surface area contributed by atoms with Crippen molar-refractivity contribution in [3.05, 3.63) is 35.1 Å². The summed E-state index contributed by atoms with van der Waals surface area (Å²) in [6.07, 6.45) is 2.46. The van der Waals surface area contributed by atoms with Gasteiger partial charge in [-0.25, -0.2) is 4.39 Å². The molecule has 0 unspecified atom stereocenters. The van der Waals surface area contributed by atoms with Crippen molar-refractivity contribution >= 4 is 5.78 Å². The molecule has 1 aromatic carbocycles. The van der Waals surface area contributed by atoms with Gasteiger partial charge in [0.1, 0.15) is 11.4 Å². The molecule has 1 aromatic rings. The molecule has 3 heteroatoms. The van der Waals surface area contributed by atoms with Gasteiger partial charge in [0.25, 0.3) is 0 Å². The van der Waals surface area contributed by atoms with Gasteiger partial charge in [-0.15, -0.1) is 0 Å². The van der Waals surface area contributed by atoms with E-state index in [9.17, 15) is 9.18 Å². The van der Waals surface area contributed by atoms with Gasteiger partial charge in [-0.2, -0.15) is 0 Å². The van der Waals surface area contributed by atoms with E-state index < -0.39 is 5.60 Å². The van der Waals surface area contributed by atoms with Crippen LogP contribution < -0.4 is 0 Å². The highest BCUT2D eigenvalue weighted by atomic mass is 19.1. The van der Waals surface area contributed by atoms with Crippen LogP contribution in [-0.2, 0) is 4.74 Å². The summed E-state index contributed by atoms with van der Waals surface area (Å²) in [4.78, 5) is 12.2. The number of carbonyl (C=O) groups excluding carboxylic acids is 1. The number of hydrogen-bond acceptors (Lipinski definition) is 2. The van der Waals surface area contributed by atoms with Crippen molar-refractivity contribution in [3.8, 4) is 0 Å². The van der Waals surface area contributed by atoms with Gasteiger partial charge in [0, 0.05) is 12.7 Å². The third-order valence-electron chi connectivity index (χ3n) is 3.40. The number of aryl methyl sites for hydroxylation is 1. The second-order valence-electron chi connectivity index (χ2n) is 4.35. The summed E-state index contributed by atoms with van der Waals surface area (Å²) in [5, 5.41) is 0. The molecule has 1 saturated carbocycles. The largest absolute Gasteiger partial charge is 0.370 e. The number of carbonyl (C=O) groups is 1. The van der Waals surface area contributed by atoms with Gasteiger partial charge in [-0.05, 0) is 37.8 Å². The second-order valence-corrected chi connectivity index (χ2v) is 4.35. The first kappa shape index (κ1) is 11.3. The fraction of sp³-hybridized carbons (Fsp3) is 0.462. The molecule has 0 radical (unpaired) electrons. The molecule has 0 atom stereocenters. The van der Waals surface area contributed by atoms with Crippen LogP contribution in [0.3, 0.4) is 0 Å². The van der Waals surface area contributed by atoms with Crippen molar-refractivity contribution < 1.29 is 13.9 Å². The van der Waals surface area contributed by atoms with Gasteiger partial charge >= 0.3 is 0 Å². The molecule has 86 valence electrons. The fourth-order valence-corrected chi connectivity index (χ4v) is 2.02. The fourth-order valence-electron chi connectivity index (χ4n) is 2.02. The highest BCUT2D eigenvalue weighted by Gasteiger charge is 2.44. The van der Waals surface area contributed by atoms with Crippen molar-refractivity contribution in [2.24, 2.45) is 0 Å². The van der Waals surface area contributed by atoms with Gasteiger partial charge in [-0.3, -0.25) is 4.79 Å². The maximum atomic E-state index is 13.4. The highest BCUT2D eigenvalue weighted by Crippen LogP contribution is 2.38. The smallest absolute Gasteiger partial charge is 0.194 e. The molecule has 1 aliphatic rings. The first-order chi connectivity index (χ1) is 7.59. The van der Waals surface area contributed by atoms with Crippen LogP contribution in [0.4, 0.5) is 4.39 Å². The Bertz CT molecular complexity index is 416. The lowest BCUT2D eigenvalue weighted by atomic mass is 9.75. The number of methoxy groups -OCH3 is 1. The summed E-state index contributed by atoms with van der Waals surface area (Å²) in [5.74, 6) is -0.434. The minimum Gasteiger partial charge on any atom is -0.370 e. The van der Waals surface area contributed by atoms with Gasteiger partial charge < -0.3 is 4.74 Å². The lowest BCUT2D eigenvalue weighted by Crippen LogP contribution is -2.47. The molecule has 0 saturated heterocycles. The van der Waals surface area contributed by atoms with Gasteiger partial charge in [0.2, 0.25) is 0 Å². The Kier molecular flexibility index (Phi) is 2.80. The average molecular weight is 222 g/mol. The van der Waals surface area contributed by atoms with Crippen LogP contribution in [0.2, 0.25) is 0 Å². The number of Topliss-reactive ketones (excluding diaryl/α,β-unsaturated/α-hetero) is 1. The number of hydrogen-bond donors (Lipinski definition) is 0. The Morgan fingerprint density at radius 2 is 2.12 bits per heavy atom. The average Bonchev–Trinajstić information content (AvgIpc) is 2.21. The van der Waals surface area contributed by atoms with Crippen molar-refractivity contribution in [2.75, 3.05) is 7.11 Å². The molecule has 0 aromatic heterocycles. The first-order valence-electron chi connectivity index (χ1n) is 5.45. The van der Waals surface area contributed by atoms with E-state index in [4.69, 9.17) is 4.74 Å². The van der Waals surface area contributed by atoms with Crippen molar-refractivity contribution in [3.63, 3.8) is 0 Å². The number of rotatable bonds is 3. The van der Waals surface area contributed by atoms with Gasteiger partial charge in [0.15, 0.2) is 5.78 Å². The van der Waals surface area contributed by atoms with E-state index in [2.05, 4.69) is 0 Å². The van der Waals surface area contributed by atoms with Crippen LogP contribution in [-0.4, -0.2) is 18.5 Å². The molecule has 1 fully saturated rings. The third kappa shape index (κ3) is 1.65. The molecular formula is C13H15FO2. The van der Waals surface area contributed by atoms with Crippen LogP contribution in [0.25, 0.3) is 0 Å². The van der Waals surface area contributed by atoms with Crippen molar-refractivity contribution in [1.82, 2.24) is 0 Å². The second kappa shape index (κ2) is 3.98. The maximum absolute atomic E-state index is 13.4. The Morgan fingerprint density at radius 3 is 2.56 bits per heavy atom. The Labute approximate surface area is 94.4 Å². The minimum absolute atomic E-state index is 0.0971.